The molecule has 0 unspecified atom stereocenters. The molecule has 0 aliphatic heterocycles. The van der Waals surface area contributed by atoms with Crippen LogP contribution in [-0.4, -0.2) is 21.4 Å². The molecule has 0 aromatic carbocycles. The third kappa shape index (κ3) is 3.21. The van der Waals surface area contributed by atoms with Crippen molar-refractivity contribution in [3.8, 4) is 0 Å². The molecule has 0 rings (SSSR count). The van der Waals surface area contributed by atoms with E-state index in [1.165, 1.54) is 7.05 Å². The van der Waals surface area contributed by atoms with Crippen molar-refractivity contribution in [2.45, 2.75) is 0 Å². The second-order valence-corrected chi connectivity index (χ2v) is 3.00. The van der Waals surface area contributed by atoms with Gasteiger partial charge in [-0.2, -0.15) is 8.42 Å². The molecule has 0 spiro atoms. The highest BCUT2D eigenvalue weighted by Gasteiger charge is 2.06. The second kappa shape index (κ2) is 3.33. The van der Waals surface area contributed by atoms with Gasteiger partial charge in [0.1, 0.15) is 0 Å². The lowest BCUT2D eigenvalue weighted by atomic mass is 10.6. The van der Waals surface area contributed by atoms with Crippen molar-refractivity contribution in [2.24, 2.45) is 0 Å². The standard InChI is InChI=1S/C4H8N2O3S/c1-3-4(7)6-10(8,9)5-2/h3,5H,1H2,2H3,(H,6,7). The minimum atomic E-state index is -3.65. The molecule has 0 aromatic rings. The zero-order valence-electron chi connectivity index (χ0n) is 5.42. The summed E-state index contributed by atoms with van der Waals surface area (Å²) in [5.41, 5.74) is 0. The minimum absolute atomic E-state index is 0.755. The molecule has 0 aliphatic carbocycles. The van der Waals surface area contributed by atoms with Gasteiger partial charge in [-0.15, -0.1) is 0 Å². The van der Waals surface area contributed by atoms with Crippen LogP contribution in [0.5, 0.6) is 0 Å². The van der Waals surface area contributed by atoms with Gasteiger partial charge in [0.15, 0.2) is 0 Å². The minimum Gasteiger partial charge on any atom is -0.269 e. The number of hydrogen-bond donors (Lipinski definition) is 2. The average Bonchev–Trinajstić information content (AvgIpc) is 1.87. The van der Waals surface area contributed by atoms with Gasteiger partial charge in [-0.3, -0.25) is 4.79 Å². The third-order valence-corrected chi connectivity index (χ3v) is 1.70. The fraction of sp³-hybridized carbons (Fsp3) is 0.250. The van der Waals surface area contributed by atoms with Gasteiger partial charge in [0, 0.05) is 7.05 Å². The summed E-state index contributed by atoms with van der Waals surface area (Å²) in [6.07, 6.45) is 0.870. The normalized spacial score (nSPS) is 10.5. The molecule has 0 radical (unpaired) electrons. The number of hydrogen-bond acceptors (Lipinski definition) is 3. The van der Waals surface area contributed by atoms with Crippen molar-refractivity contribution in [2.75, 3.05) is 7.05 Å². The first-order chi connectivity index (χ1) is 4.52. The van der Waals surface area contributed by atoms with Crippen LogP contribution < -0.4 is 9.44 Å². The molecule has 0 fully saturated rings. The summed E-state index contributed by atoms with van der Waals surface area (Å²) in [6.45, 7) is 3.07. The van der Waals surface area contributed by atoms with E-state index >= 15 is 0 Å². The number of amides is 1. The van der Waals surface area contributed by atoms with Crippen molar-refractivity contribution in [3.63, 3.8) is 0 Å². The fourth-order valence-corrected chi connectivity index (χ4v) is 0.675. The first kappa shape index (κ1) is 9.12. The molecule has 6 heteroatoms. The van der Waals surface area contributed by atoms with Gasteiger partial charge in [-0.1, -0.05) is 6.58 Å². The van der Waals surface area contributed by atoms with E-state index in [1.54, 1.807) is 4.72 Å². The van der Waals surface area contributed by atoms with Crippen molar-refractivity contribution >= 4 is 16.1 Å². The number of nitrogens with one attached hydrogen (secondary N) is 2. The van der Waals surface area contributed by atoms with Gasteiger partial charge < -0.3 is 0 Å². The SMILES string of the molecule is C=CC(=O)NS(=O)(=O)NC. The molecule has 1 amide bonds. The Morgan fingerprint density at radius 2 is 2.10 bits per heavy atom. The highest BCUT2D eigenvalue weighted by atomic mass is 32.2. The van der Waals surface area contributed by atoms with E-state index < -0.39 is 16.1 Å². The summed E-state index contributed by atoms with van der Waals surface area (Å²) in [7, 11) is -2.46. The molecule has 58 valence electrons. The first-order valence-electron chi connectivity index (χ1n) is 2.39. The van der Waals surface area contributed by atoms with Gasteiger partial charge in [-0.05, 0) is 6.08 Å². The van der Waals surface area contributed by atoms with E-state index in [4.69, 9.17) is 0 Å². The van der Waals surface area contributed by atoms with Crippen LogP contribution >= 0.6 is 0 Å². The maximum atomic E-state index is 10.5. The van der Waals surface area contributed by atoms with Gasteiger partial charge in [0.2, 0.25) is 0 Å². The summed E-state index contributed by atoms with van der Waals surface area (Å²) in [4.78, 5) is 10.3. The van der Waals surface area contributed by atoms with E-state index in [-0.39, 0.29) is 0 Å². The second-order valence-electron chi connectivity index (χ2n) is 1.38. The summed E-state index contributed by atoms with van der Waals surface area (Å²) in [5.74, 6) is -0.755. The predicted octanol–water partition coefficient (Wildman–Crippen LogP) is -1.25. The highest BCUT2D eigenvalue weighted by Crippen LogP contribution is 1.73. The average molecular weight is 164 g/mol. The lowest BCUT2D eigenvalue weighted by Gasteiger charge is -1.99. The lowest BCUT2D eigenvalue weighted by molar-refractivity contribution is -0.114. The lowest BCUT2D eigenvalue weighted by Crippen LogP contribution is -2.37. The van der Waals surface area contributed by atoms with Crippen LogP contribution in [0.3, 0.4) is 0 Å². The van der Waals surface area contributed by atoms with Crippen LogP contribution in [0.2, 0.25) is 0 Å². The molecule has 10 heavy (non-hydrogen) atoms. The maximum absolute atomic E-state index is 10.5. The molecule has 0 aromatic heterocycles. The van der Waals surface area contributed by atoms with Gasteiger partial charge in [-0.25, -0.2) is 9.44 Å². The number of carbonyl (C=O) groups excluding carboxylic acids is 1. The Balaban J connectivity index is 4.16. The Morgan fingerprint density at radius 3 is 2.40 bits per heavy atom. The first-order valence-corrected chi connectivity index (χ1v) is 3.88. The molecule has 0 saturated heterocycles. The zero-order valence-corrected chi connectivity index (χ0v) is 6.23. The van der Waals surface area contributed by atoms with Crippen LogP contribution in [0.15, 0.2) is 12.7 Å². The highest BCUT2D eigenvalue weighted by molar-refractivity contribution is 7.88. The van der Waals surface area contributed by atoms with Crippen molar-refractivity contribution < 1.29 is 13.2 Å². The van der Waals surface area contributed by atoms with Crippen molar-refractivity contribution in [1.82, 2.24) is 9.44 Å². The van der Waals surface area contributed by atoms with E-state index in [1.807, 2.05) is 4.72 Å². The van der Waals surface area contributed by atoms with Gasteiger partial charge in [0.05, 0.1) is 0 Å². The summed E-state index contributed by atoms with van der Waals surface area (Å²) < 4.78 is 24.5. The Morgan fingerprint density at radius 1 is 1.60 bits per heavy atom. The molecule has 5 nitrogen and oxygen atoms in total. The zero-order chi connectivity index (χ0) is 8.20. The Kier molecular flexibility index (Phi) is 3.04. The quantitative estimate of drug-likeness (QED) is 0.512. The van der Waals surface area contributed by atoms with Crippen LogP contribution in [0.1, 0.15) is 0 Å². The smallest absolute Gasteiger partial charge is 0.269 e. The monoisotopic (exact) mass is 164 g/mol. The summed E-state index contributed by atoms with van der Waals surface area (Å²) >= 11 is 0. The molecule has 2 N–H and O–H groups in total. The van der Waals surface area contributed by atoms with Crippen molar-refractivity contribution in [1.29, 1.82) is 0 Å². The van der Waals surface area contributed by atoms with Crippen LogP contribution in [-0.2, 0) is 15.0 Å². The molecule has 0 aliphatic rings. The largest absolute Gasteiger partial charge is 0.301 e. The molecular weight excluding hydrogens is 156 g/mol. The molecule has 0 saturated carbocycles. The van der Waals surface area contributed by atoms with Crippen LogP contribution in [0.25, 0.3) is 0 Å². The van der Waals surface area contributed by atoms with Gasteiger partial charge in [0.25, 0.3) is 5.91 Å². The predicted molar refractivity (Wildman–Crippen MR) is 36.3 cm³/mol. The van der Waals surface area contributed by atoms with E-state index in [9.17, 15) is 13.2 Å². The third-order valence-electron chi connectivity index (χ3n) is 0.689. The maximum Gasteiger partial charge on any atom is 0.301 e. The topological polar surface area (TPSA) is 75.3 Å². The Labute approximate surface area is 59.3 Å². The molecule has 0 bridgehead atoms. The molecule has 0 atom stereocenters. The number of carbonyl (C=O) groups is 1. The fourth-order valence-electron chi connectivity index (χ4n) is 0.225. The number of rotatable bonds is 3. The van der Waals surface area contributed by atoms with Crippen LogP contribution in [0, 0.1) is 0 Å². The van der Waals surface area contributed by atoms with Crippen LogP contribution in [0.4, 0.5) is 0 Å². The van der Waals surface area contributed by atoms with E-state index in [0.717, 1.165) is 6.08 Å². The Bertz CT molecular complexity index is 231. The van der Waals surface area contributed by atoms with E-state index in [2.05, 4.69) is 6.58 Å². The van der Waals surface area contributed by atoms with Gasteiger partial charge >= 0.3 is 10.2 Å². The summed E-state index contributed by atoms with van der Waals surface area (Å²) in [6, 6.07) is 0. The molecule has 0 heterocycles. The Hall–Kier alpha value is -0.880. The van der Waals surface area contributed by atoms with Crippen molar-refractivity contribution in [3.05, 3.63) is 12.7 Å². The summed E-state index contributed by atoms with van der Waals surface area (Å²) in [5, 5.41) is 0. The van der Waals surface area contributed by atoms with E-state index in [0.29, 0.717) is 0 Å². The molecular formula is C4H8N2O3S.